The fourth-order valence-corrected chi connectivity index (χ4v) is 2.97. The Labute approximate surface area is 101 Å². The molecule has 0 aromatic carbocycles. The van der Waals surface area contributed by atoms with Crippen molar-refractivity contribution in [2.45, 2.75) is 38.9 Å². The lowest BCUT2D eigenvalue weighted by Gasteiger charge is -2.33. The number of hydrogen-bond acceptors (Lipinski definition) is 3. The van der Waals surface area contributed by atoms with E-state index >= 15 is 0 Å². The predicted molar refractivity (Wildman–Crippen MR) is 68.6 cm³/mol. The van der Waals surface area contributed by atoms with Crippen molar-refractivity contribution in [1.82, 2.24) is 4.90 Å². The number of hydrogen-bond donors (Lipinski definition) is 1. The second-order valence-electron chi connectivity index (χ2n) is 4.21. The van der Waals surface area contributed by atoms with Crippen LogP contribution in [0.2, 0.25) is 4.34 Å². The molecule has 1 aromatic heterocycles. The van der Waals surface area contributed by atoms with E-state index in [0.29, 0.717) is 6.04 Å². The van der Waals surface area contributed by atoms with E-state index in [9.17, 15) is 0 Å². The van der Waals surface area contributed by atoms with E-state index in [1.807, 2.05) is 13.0 Å². The molecule has 0 spiro atoms. The van der Waals surface area contributed by atoms with Crippen molar-refractivity contribution in [3.05, 3.63) is 21.3 Å². The van der Waals surface area contributed by atoms with Crippen LogP contribution in [0.3, 0.4) is 0 Å². The first-order valence-corrected chi connectivity index (χ1v) is 6.35. The van der Waals surface area contributed by atoms with E-state index in [1.165, 1.54) is 4.88 Å². The summed E-state index contributed by atoms with van der Waals surface area (Å²) >= 11 is 7.57. The average Bonchev–Trinajstić information content (AvgIpc) is 2.51. The molecular weight excluding hydrogens is 228 g/mol. The molecule has 0 saturated carbocycles. The Balaban J connectivity index is 2.93. The predicted octanol–water partition coefficient (Wildman–Crippen LogP) is 3.13. The first kappa shape index (κ1) is 13.0. The SMILES string of the molecule is CC(N)C(c1ccc(Cl)s1)N(C)C(C)C. The van der Waals surface area contributed by atoms with Crippen LogP contribution in [0.5, 0.6) is 0 Å². The molecule has 2 N–H and O–H groups in total. The van der Waals surface area contributed by atoms with Crippen LogP contribution < -0.4 is 5.73 Å². The largest absolute Gasteiger partial charge is 0.326 e. The van der Waals surface area contributed by atoms with E-state index < -0.39 is 0 Å². The molecule has 0 amide bonds. The second-order valence-corrected chi connectivity index (χ2v) is 5.95. The lowest BCUT2D eigenvalue weighted by atomic mass is 10.1. The molecule has 2 unspecified atom stereocenters. The molecule has 86 valence electrons. The quantitative estimate of drug-likeness (QED) is 0.885. The van der Waals surface area contributed by atoms with Crippen molar-refractivity contribution in [2.24, 2.45) is 5.73 Å². The summed E-state index contributed by atoms with van der Waals surface area (Å²) in [5.74, 6) is 0. The van der Waals surface area contributed by atoms with E-state index in [0.717, 1.165) is 4.34 Å². The van der Waals surface area contributed by atoms with Crippen molar-refractivity contribution in [3.63, 3.8) is 0 Å². The standard InChI is InChI=1S/C11H19ClN2S/c1-7(2)14(4)11(8(3)13)9-5-6-10(12)15-9/h5-8,11H,13H2,1-4H3. The minimum atomic E-state index is 0.104. The van der Waals surface area contributed by atoms with Gasteiger partial charge in [0.15, 0.2) is 0 Å². The molecule has 0 aliphatic rings. The third kappa shape index (κ3) is 3.18. The summed E-state index contributed by atoms with van der Waals surface area (Å²) in [6.45, 7) is 6.38. The molecule has 2 nitrogen and oxygen atoms in total. The fraction of sp³-hybridized carbons (Fsp3) is 0.636. The highest BCUT2D eigenvalue weighted by Gasteiger charge is 2.24. The number of thiophene rings is 1. The molecule has 0 fully saturated rings. The van der Waals surface area contributed by atoms with Gasteiger partial charge in [-0.05, 0) is 40.0 Å². The second kappa shape index (κ2) is 5.30. The highest BCUT2D eigenvalue weighted by atomic mass is 35.5. The van der Waals surface area contributed by atoms with Crippen LogP contribution in [0.1, 0.15) is 31.7 Å². The van der Waals surface area contributed by atoms with Crippen molar-refractivity contribution in [1.29, 1.82) is 0 Å². The third-order valence-electron chi connectivity index (χ3n) is 2.64. The van der Waals surface area contributed by atoms with E-state index in [2.05, 4.69) is 31.9 Å². The van der Waals surface area contributed by atoms with Gasteiger partial charge in [-0.15, -0.1) is 11.3 Å². The molecule has 1 heterocycles. The molecule has 1 rings (SSSR count). The summed E-state index contributed by atoms with van der Waals surface area (Å²) in [6.07, 6.45) is 0. The van der Waals surface area contributed by atoms with Gasteiger partial charge in [-0.1, -0.05) is 11.6 Å². The van der Waals surface area contributed by atoms with Gasteiger partial charge in [0.1, 0.15) is 0 Å². The minimum Gasteiger partial charge on any atom is -0.326 e. The van der Waals surface area contributed by atoms with Crippen LogP contribution in [0.25, 0.3) is 0 Å². The van der Waals surface area contributed by atoms with Gasteiger partial charge in [0, 0.05) is 17.0 Å². The molecule has 0 aliphatic carbocycles. The Morgan fingerprint density at radius 2 is 1.93 bits per heavy atom. The Kier molecular flexibility index (Phi) is 4.59. The van der Waals surface area contributed by atoms with Gasteiger partial charge in [-0.2, -0.15) is 0 Å². The van der Waals surface area contributed by atoms with Crippen LogP contribution in [0, 0.1) is 0 Å². The smallest absolute Gasteiger partial charge is 0.0931 e. The molecule has 15 heavy (non-hydrogen) atoms. The minimum absolute atomic E-state index is 0.104. The summed E-state index contributed by atoms with van der Waals surface area (Å²) in [7, 11) is 2.10. The van der Waals surface area contributed by atoms with Crippen LogP contribution in [-0.2, 0) is 0 Å². The Bertz CT molecular complexity index is 309. The van der Waals surface area contributed by atoms with Gasteiger partial charge in [-0.25, -0.2) is 0 Å². The number of likely N-dealkylation sites (N-methyl/N-ethyl adjacent to an activating group) is 1. The van der Waals surface area contributed by atoms with E-state index in [-0.39, 0.29) is 12.1 Å². The molecule has 0 aliphatic heterocycles. The fourth-order valence-electron chi connectivity index (χ4n) is 1.64. The monoisotopic (exact) mass is 246 g/mol. The Morgan fingerprint density at radius 3 is 2.27 bits per heavy atom. The first-order chi connectivity index (χ1) is 6.93. The van der Waals surface area contributed by atoms with Crippen LogP contribution in [-0.4, -0.2) is 24.0 Å². The average molecular weight is 247 g/mol. The molecular formula is C11H19ClN2S. The van der Waals surface area contributed by atoms with Crippen LogP contribution in [0.4, 0.5) is 0 Å². The maximum absolute atomic E-state index is 6.04. The van der Waals surface area contributed by atoms with E-state index in [4.69, 9.17) is 17.3 Å². The molecule has 0 radical (unpaired) electrons. The zero-order chi connectivity index (χ0) is 11.6. The Hall–Kier alpha value is -0.0900. The van der Waals surface area contributed by atoms with Crippen molar-refractivity contribution in [2.75, 3.05) is 7.05 Å². The molecule has 1 aromatic rings. The zero-order valence-electron chi connectivity index (χ0n) is 9.70. The summed E-state index contributed by atoms with van der Waals surface area (Å²) in [6, 6.07) is 4.84. The van der Waals surface area contributed by atoms with Gasteiger partial charge >= 0.3 is 0 Å². The number of halogens is 1. The number of nitrogens with two attached hydrogens (primary N) is 1. The molecule has 4 heteroatoms. The first-order valence-electron chi connectivity index (χ1n) is 5.16. The summed E-state index contributed by atoms with van der Waals surface area (Å²) in [5, 5.41) is 0. The zero-order valence-corrected chi connectivity index (χ0v) is 11.3. The lowest BCUT2D eigenvalue weighted by molar-refractivity contribution is 0.178. The topological polar surface area (TPSA) is 29.3 Å². The summed E-state index contributed by atoms with van der Waals surface area (Å²) < 4.78 is 0.827. The van der Waals surface area contributed by atoms with Gasteiger partial charge in [0.05, 0.1) is 10.4 Å². The molecule has 0 bridgehead atoms. The van der Waals surface area contributed by atoms with Gasteiger partial charge in [0.25, 0.3) is 0 Å². The molecule has 2 atom stereocenters. The number of rotatable bonds is 4. The molecule has 0 saturated heterocycles. The maximum Gasteiger partial charge on any atom is 0.0931 e. The van der Waals surface area contributed by atoms with E-state index in [1.54, 1.807) is 11.3 Å². The van der Waals surface area contributed by atoms with Crippen LogP contribution >= 0.6 is 22.9 Å². The highest BCUT2D eigenvalue weighted by molar-refractivity contribution is 7.16. The van der Waals surface area contributed by atoms with Crippen molar-refractivity contribution in [3.8, 4) is 0 Å². The van der Waals surface area contributed by atoms with Crippen molar-refractivity contribution >= 4 is 22.9 Å². The number of nitrogens with zero attached hydrogens (tertiary/aromatic N) is 1. The third-order valence-corrected chi connectivity index (χ3v) is 3.94. The van der Waals surface area contributed by atoms with Gasteiger partial charge in [-0.3, -0.25) is 4.90 Å². The normalized spacial score (nSPS) is 16.0. The summed E-state index contributed by atoms with van der Waals surface area (Å²) in [4.78, 5) is 3.53. The van der Waals surface area contributed by atoms with Gasteiger partial charge in [0.2, 0.25) is 0 Å². The van der Waals surface area contributed by atoms with Gasteiger partial charge < -0.3 is 5.73 Å². The Morgan fingerprint density at radius 1 is 1.33 bits per heavy atom. The van der Waals surface area contributed by atoms with Crippen LogP contribution in [0.15, 0.2) is 12.1 Å². The van der Waals surface area contributed by atoms with Crippen molar-refractivity contribution < 1.29 is 0 Å². The maximum atomic E-state index is 6.04. The summed E-state index contributed by atoms with van der Waals surface area (Å²) in [5.41, 5.74) is 6.04. The lowest BCUT2D eigenvalue weighted by Crippen LogP contribution is -2.40. The highest BCUT2D eigenvalue weighted by Crippen LogP contribution is 2.32.